The largest absolute Gasteiger partial charge is 0.416 e. The highest BCUT2D eigenvalue weighted by atomic mass is 19.4. The predicted molar refractivity (Wildman–Crippen MR) is 106 cm³/mol. The molecule has 0 saturated heterocycles. The molecule has 0 atom stereocenters. The summed E-state index contributed by atoms with van der Waals surface area (Å²) in [6.45, 7) is 0.867. The molecule has 1 aliphatic carbocycles. The van der Waals surface area contributed by atoms with Gasteiger partial charge in [0.15, 0.2) is 17.3 Å². The molecule has 0 spiro atoms. The van der Waals surface area contributed by atoms with Gasteiger partial charge in [0.1, 0.15) is 0 Å². The van der Waals surface area contributed by atoms with Crippen LogP contribution in [0, 0.1) is 0 Å². The van der Waals surface area contributed by atoms with Crippen molar-refractivity contribution in [2.75, 3.05) is 11.4 Å². The number of fused-ring (bicyclic) bond motifs is 4. The molecule has 3 heterocycles. The highest BCUT2D eigenvalue weighted by molar-refractivity contribution is 6.00. The van der Waals surface area contributed by atoms with Crippen LogP contribution >= 0.6 is 0 Å². The Hall–Kier alpha value is -3.16. The molecule has 1 saturated carbocycles. The van der Waals surface area contributed by atoms with Gasteiger partial charge in [-0.25, -0.2) is 0 Å². The summed E-state index contributed by atoms with van der Waals surface area (Å²) in [5.41, 5.74) is 1.30. The molecule has 0 bridgehead atoms. The second-order valence-corrected chi connectivity index (χ2v) is 8.05. The number of aromatic nitrogens is 4. The first kappa shape index (κ1) is 17.7. The minimum Gasteiger partial charge on any atom is -0.350 e. The van der Waals surface area contributed by atoms with Crippen molar-refractivity contribution >= 4 is 22.2 Å². The second kappa shape index (κ2) is 6.17. The molecule has 30 heavy (non-hydrogen) atoms. The number of nitrogens with zero attached hydrogens (tertiary/aromatic N) is 5. The van der Waals surface area contributed by atoms with Crippen molar-refractivity contribution in [1.29, 1.82) is 0 Å². The number of alkyl halides is 3. The molecule has 1 aliphatic heterocycles. The van der Waals surface area contributed by atoms with Gasteiger partial charge >= 0.3 is 6.18 Å². The van der Waals surface area contributed by atoms with E-state index in [2.05, 4.69) is 15.1 Å². The molecule has 0 unspecified atom stereocenters. The lowest BCUT2D eigenvalue weighted by Gasteiger charge is -2.32. The fourth-order valence-corrected chi connectivity index (χ4v) is 4.47. The van der Waals surface area contributed by atoms with Crippen molar-refractivity contribution in [3.05, 3.63) is 65.0 Å². The van der Waals surface area contributed by atoms with E-state index in [9.17, 15) is 13.2 Å². The molecule has 152 valence electrons. The number of rotatable bonds is 2. The van der Waals surface area contributed by atoms with E-state index in [0.717, 1.165) is 40.9 Å². The van der Waals surface area contributed by atoms with Gasteiger partial charge in [-0.15, -0.1) is 15.3 Å². The Labute approximate surface area is 170 Å². The van der Waals surface area contributed by atoms with Crippen LogP contribution in [0.3, 0.4) is 0 Å². The van der Waals surface area contributed by atoms with E-state index in [1.165, 1.54) is 12.1 Å². The van der Waals surface area contributed by atoms with Gasteiger partial charge in [0.05, 0.1) is 5.56 Å². The van der Waals surface area contributed by atoms with Crippen LogP contribution in [0.25, 0.3) is 16.4 Å². The van der Waals surface area contributed by atoms with Crippen LogP contribution in [0.15, 0.2) is 42.5 Å². The van der Waals surface area contributed by atoms with Gasteiger partial charge in [0.25, 0.3) is 0 Å². The summed E-state index contributed by atoms with van der Waals surface area (Å²) >= 11 is 0. The lowest BCUT2D eigenvalue weighted by atomic mass is 9.94. The molecule has 0 amide bonds. The van der Waals surface area contributed by atoms with Crippen LogP contribution in [-0.2, 0) is 19.1 Å². The smallest absolute Gasteiger partial charge is 0.350 e. The second-order valence-electron chi connectivity index (χ2n) is 8.05. The highest BCUT2D eigenvalue weighted by Gasteiger charge is 2.36. The Morgan fingerprint density at radius 1 is 0.933 bits per heavy atom. The first-order valence-corrected chi connectivity index (χ1v) is 10.1. The zero-order valence-corrected chi connectivity index (χ0v) is 16.0. The summed E-state index contributed by atoms with van der Waals surface area (Å²) < 4.78 is 42.1. The highest BCUT2D eigenvalue weighted by Crippen LogP contribution is 2.41. The van der Waals surface area contributed by atoms with E-state index < -0.39 is 11.7 Å². The lowest BCUT2D eigenvalue weighted by molar-refractivity contribution is -0.138. The Morgan fingerprint density at radius 2 is 1.73 bits per heavy atom. The summed E-state index contributed by atoms with van der Waals surface area (Å²) in [5.74, 6) is 2.02. The molecule has 4 aromatic rings. The molecule has 5 nitrogen and oxygen atoms in total. The third kappa shape index (κ3) is 2.66. The summed E-state index contributed by atoms with van der Waals surface area (Å²) in [5, 5.41) is 15.5. The van der Waals surface area contributed by atoms with E-state index in [-0.39, 0.29) is 0 Å². The average Bonchev–Trinajstić information content (AvgIpc) is 3.50. The van der Waals surface area contributed by atoms with Crippen LogP contribution in [0.4, 0.5) is 19.0 Å². The molecule has 2 aromatic carbocycles. The van der Waals surface area contributed by atoms with Gasteiger partial charge in [0.2, 0.25) is 0 Å². The number of benzene rings is 2. The summed E-state index contributed by atoms with van der Waals surface area (Å²) in [7, 11) is 0. The maximum atomic E-state index is 13.4. The first-order chi connectivity index (χ1) is 14.5. The SMILES string of the molecule is FC(F)(F)c1cccc2c1CCN(c1nn3c(C4CC4)nnc3c3ccccc13)C2. The third-order valence-electron chi connectivity index (χ3n) is 6.08. The standard InChI is InChI=1S/C22H18F3N5/c23-22(24,25)18-7-3-4-14-12-29(11-10-15(14)18)21-17-6-2-1-5-16(17)20-27-26-19(13-8-9-13)30(20)28-21/h1-7,13H,8-12H2. The number of hydrogen-bond donors (Lipinski definition) is 0. The maximum Gasteiger partial charge on any atom is 0.416 e. The molecule has 0 N–H and O–H groups in total. The number of anilines is 1. The van der Waals surface area contributed by atoms with E-state index in [0.29, 0.717) is 36.6 Å². The van der Waals surface area contributed by atoms with Crippen molar-refractivity contribution in [3.8, 4) is 0 Å². The van der Waals surface area contributed by atoms with Crippen LogP contribution < -0.4 is 4.90 Å². The molecule has 0 radical (unpaired) electrons. The summed E-state index contributed by atoms with van der Waals surface area (Å²) in [6.07, 6.45) is -1.83. The van der Waals surface area contributed by atoms with Gasteiger partial charge in [-0.2, -0.15) is 17.7 Å². The van der Waals surface area contributed by atoms with Crippen molar-refractivity contribution in [2.24, 2.45) is 0 Å². The molecule has 2 aromatic heterocycles. The monoisotopic (exact) mass is 409 g/mol. The summed E-state index contributed by atoms with van der Waals surface area (Å²) in [4.78, 5) is 2.07. The Kier molecular flexibility index (Phi) is 3.63. The Bertz CT molecular complexity index is 1290. The maximum absolute atomic E-state index is 13.4. The van der Waals surface area contributed by atoms with E-state index in [1.807, 2.05) is 28.8 Å². The molecule has 8 heteroatoms. The molecular weight excluding hydrogens is 391 g/mol. The fraction of sp³-hybridized carbons (Fsp3) is 0.318. The third-order valence-corrected chi connectivity index (χ3v) is 6.08. The van der Waals surface area contributed by atoms with Crippen molar-refractivity contribution in [1.82, 2.24) is 19.8 Å². The first-order valence-electron chi connectivity index (χ1n) is 10.1. The minimum absolute atomic E-state index is 0.330. The average molecular weight is 409 g/mol. The zero-order chi connectivity index (χ0) is 20.5. The van der Waals surface area contributed by atoms with Crippen molar-refractivity contribution < 1.29 is 13.2 Å². The van der Waals surface area contributed by atoms with Gasteiger partial charge < -0.3 is 4.90 Å². The zero-order valence-electron chi connectivity index (χ0n) is 16.0. The molecule has 1 fully saturated rings. The quantitative estimate of drug-likeness (QED) is 0.480. The van der Waals surface area contributed by atoms with Gasteiger partial charge in [-0.1, -0.05) is 36.4 Å². The molecule has 2 aliphatic rings. The van der Waals surface area contributed by atoms with Gasteiger partial charge in [-0.3, -0.25) is 0 Å². The Morgan fingerprint density at radius 3 is 2.50 bits per heavy atom. The van der Waals surface area contributed by atoms with Crippen molar-refractivity contribution in [2.45, 2.75) is 37.9 Å². The van der Waals surface area contributed by atoms with Crippen LogP contribution in [0.5, 0.6) is 0 Å². The fourth-order valence-electron chi connectivity index (χ4n) is 4.47. The van der Waals surface area contributed by atoms with Crippen molar-refractivity contribution in [3.63, 3.8) is 0 Å². The van der Waals surface area contributed by atoms with Crippen LogP contribution in [0.1, 0.15) is 41.3 Å². The predicted octanol–water partition coefficient (Wildman–Crippen LogP) is 4.74. The molecule has 6 rings (SSSR count). The van der Waals surface area contributed by atoms with E-state index >= 15 is 0 Å². The van der Waals surface area contributed by atoms with Gasteiger partial charge in [-0.05, 0) is 36.5 Å². The number of halogens is 3. The Balaban J connectivity index is 1.49. The van der Waals surface area contributed by atoms with E-state index in [4.69, 9.17) is 5.10 Å². The van der Waals surface area contributed by atoms with Crippen LogP contribution in [0.2, 0.25) is 0 Å². The molecular formula is C22H18F3N5. The normalized spacial score (nSPS) is 17.0. The van der Waals surface area contributed by atoms with E-state index in [1.54, 1.807) is 6.07 Å². The number of hydrogen-bond acceptors (Lipinski definition) is 4. The van der Waals surface area contributed by atoms with Gasteiger partial charge in [0, 0.05) is 29.8 Å². The topological polar surface area (TPSA) is 46.3 Å². The lowest BCUT2D eigenvalue weighted by Crippen LogP contribution is -2.33. The summed E-state index contributed by atoms with van der Waals surface area (Å²) in [6, 6.07) is 12.3. The van der Waals surface area contributed by atoms with Crippen LogP contribution in [-0.4, -0.2) is 26.4 Å². The minimum atomic E-state index is -4.33.